The molecular weight excluding hydrogens is 511 g/mol. The molecule has 0 aromatic carbocycles. The zero-order chi connectivity index (χ0) is 27.5. The molecule has 0 amide bonds. The molecule has 0 bridgehead atoms. The van der Waals surface area contributed by atoms with Crippen LogP contribution in [0.15, 0.2) is 12.2 Å². The summed E-state index contributed by atoms with van der Waals surface area (Å²) >= 11 is 5.23. The van der Waals surface area contributed by atoms with E-state index in [1.165, 1.54) is 51.4 Å². The van der Waals surface area contributed by atoms with Gasteiger partial charge in [-0.05, 0) is 43.9 Å². The molecule has 37 heavy (non-hydrogen) atoms. The Morgan fingerprint density at radius 2 is 1.35 bits per heavy atom. The summed E-state index contributed by atoms with van der Waals surface area (Å²) in [6, 6.07) is 3.85. The minimum atomic E-state index is -3.20. The van der Waals surface area contributed by atoms with Crippen LogP contribution >= 0.6 is 6.72 Å². The van der Waals surface area contributed by atoms with Crippen LogP contribution in [-0.2, 0) is 34.9 Å². The molecule has 0 unspecified atom stereocenters. The van der Waals surface area contributed by atoms with Crippen molar-refractivity contribution in [3.05, 3.63) is 12.2 Å². The number of carbonyl (C=O) groups excluding carboxylic acids is 1. The number of allylic oxidation sites excluding steroid dienone is 2. The lowest BCUT2D eigenvalue weighted by molar-refractivity contribution is -0.147. The summed E-state index contributed by atoms with van der Waals surface area (Å²) in [5.74, 6) is -0.355. The van der Waals surface area contributed by atoms with Gasteiger partial charge in [-0.1, -0.05) is 70.4 Å². The number of rotatable bonds is 26. The van der Waals surface area contributed by atoms with Gasteiger partial charge in [-0.2, -0.15) is 10.5 Å². The smallest absolute Gasteiger partial charge is 0.327 e. The van der Waals surface area contributed by atoms with Crippen LogP contribution in [-0.4, -0.2) is 43.6 Å². The van der Waals surface area contributed by atoms with Gasteiger partial charge >= 0.3 is 12.7 Å². The number of carbonyl (C=O) groups is 1. The normalized spacial score (nSPS) is 12.3. The van der Waals surface area contributed by atoms with E-state index >= 15 is 0 Å². The summed E-state index contributed by atoms with van der Waals surface area (Å²) in [6.45, 7) is -1.35. The number of aliphatic hydroxyl groups excluding tert-OH is 1. The predicted octanol–water partition coefficient (Wildman–Crippen LogP) is 7.03. The Kier molecular flexibility index (Phi) is 25.4. The van der Waals surface area contributed by atoms with Crippen molar-refractivity contribution in [3.8, 4) is 12.1 Å². The number of unbranched alkanes of at least 4 members (excludes halogenated alkanes) is 11. The largest absolute Gasteiger partial charge is 0.463 e. The van der Waals surface area contributed by atoms with E-state index in [1.54, 1.807) is 0 Å². The Bertz CT molecular complexity index is 699. The first-order valence-electron chi connectivity index (χ1n) is 13.7. The summed E-state index contributed by atoms with van der Waals surface area (Å²) in [4.78, 5) is 11.9. The van der Waals surface area contributed by atoms with Gasteiger partial charge in [-0.15, -0.1) is 0 Å². The van der Waals surface area contributed by atoms with Crippen LogP contribution in [0.3, 0.4) is 0 Å². The van der Waals surface area contributed by atoms with Crippen molar-refractivity contribution in [1.82, 2.24) is 0 Å². The standard InChI is InChI=1S/C27H47N2O6PS/c1-2-3-4-5-6-7-8-9-10-11-12-13-14-15-16-19-27(31)32-24-26(30)25-35-36(37,33-22-17-20-28)34-23-18-21-29/h9-10,26,30H,2-8,11-19,22-25H2,1H3/b10-9+/t26-/m0/s1. The lowest BCUT2D eigenvalue weighted by atomic mass is 10.1. The third-order valence-electron chi connectivity index (χ3n) is 5.43. The second kappa shape index (κ2) is 26.3. The number of hydrogen-bond donors (Lipinski definition) is 1. The number of hydrogen-bond acceptors (Lipinski definition) is 9. The molecule has 0 aromatic rings. The average molecular weight is 559 g/mol. The lowest BCUT2D eigenvalue weighted by Crippen LogP contribution is -2.23. The summed E-state index contributed by atoms with van der Waals surface area (Å²) < 4.78 is 21.3. The van der Waals surface area contributed by atoms with Crippen LogP contribution in [0, 0.1) is 22.7 Å². The highest BCUT2D eigenvalue weighted by Gasteiger charge is 2.23. The van der Waals surface area contributed by atoms with Crippen LogP contribution in [0.25, 0.3) is 0 Å². The number of nitrogens with zero attached hydrogens (tertiary/aromatic N) is 2. The van der Waals surface area contributed by atoms with Gasteiger partial charge in [-0.25, -0.2) is 0 Å². The number of esters is 1. The number of ether oxygens (including phenoxy) is 1. The lowest BCUT2D eigenvalue weighted by Gasteiger charge is -2.22. The van der Waals surface area contributed by atoms with Crippen molar-refractivity contribution in [2.24, 2.45) is 0 Å². The fraction of sp³-hybridized carbons (Fsp3) is 0.815. The van der Waals surface area contributed by atoms with Crippen LogP contribution in [0.5, 0.6) is 0 Å². The SMILES string of the molecule is CCCCCCCC/C=C/CCCCCCCC(=O)OC[C@H](O)COP(=S)(OCCC#N)OCCC#N. The molecule has 0 fully saturated rings. The average Bonchev–Trinajstić information content (AvgIpc) is 2.89. The third kappa shape index (κ3) is 24.8. The minimum Gasteiger partial charge on any atom is -0.463 e. The first-order chi connectivity index (χ1) is 18.0. The Morgan fingerprint density at radius 1 is 0.838 bits per heavy atom. The van der Waals surface area contributed by atoms with E-state index in [0.29, 0.717) is 6.42 Å². The van der Waals surface area contributed by atoms with Gasteiger partial charge in [-0.3, -0.25) is 4.79 Å². The van der Waals surface area contributed by atoms with E-state index in [-0.39, 0.29) is 45.2 Å². The quantitative estimate of drug-likeness (QED) is 0.0516. The van der Waals surface area contributed by atoms with Crippen molar-refractivity contribution in [3.63, 3.8) is 0 Å². The van der Waals surface area contributed by atoms with Crippen molar-refractivity contribution >= 4 is 24.5 Å². The van der Waals surface area contributed by atoms with Crippen LogP contribution in [0.1, 0.15) is 110 Å². The van der Waals surface area contributed by atoms with Gasteiger partial charge < -0.3 is 23.4 Å². The van der Waals surface area contributed by atoms with Crippen LogP contribution < -0.4 is 0 Å². The first kappa shape index (κ1) is 35.7. The maximum absolute atomic E-state index is 11.9. The van der Waals surface area contributed by atoms with E-state index in [4.69, 9.17) is 40.6 Å². The fourth-order valence-corrected chi connectivity index (χ4v) is 5.18. The molecule has 0 aliphatic heterocycles. The molecule has 0 saturated carbocycles. The molecule has 212 valence electrons. The predicted molar refractivity (Wildman–Crippen MR) is 149 cm³/mol. The summed E-state index contributed by atoms with van der Waals surface area (Å²) in [5.41, 5.74) is 0. The van der Waals surface area contributed by atoms with E-state index in [1.807, 2.05) is 12.1 Å². The summed E-state index contributed by atoms with van der Waals surface area (Å²) in [5, 5.41) is 27.3. The van der Waals surface area contributed by atoms with E-state index in [0.717, 1.165) is 32.1 Å². The van der Waals surface area contributed by atoms with Gasteiger partial charge in [0.25, 0.3) is 0 Å². The van der Waals surface area contributed by atoms with Crippen molar-refractivity contribution in [2.75, 3.05) is 26.4 Å². The third-order valence-corrected chi connectivity index (χ3v) is 7.84. The van der Waals surface area contributed by atoms with Gasteiger partial charge in [0.1, 0.15) is 12.7 Å². The molecule has 0 aliphatic rings. The molecule has 0 aliphatic carbocycles. The molecule has 0 rings (SSSR count). The van der Waals surface area contributed by atoms with Crippen molar-refractivity contribution < 1.29 is 28.2 Å². The topological polar surface area (TPSA) is 122 Å². The van der Waals surface area contributed by atoms with E-state index in [2.05, 4.69) is 19.1 Å². The van der Waals surface area contributed by atoms with Gasteiger partial charge in [0.05, 0.1) is 44.8 Å². The van der Waals surface area contributed by atoms with E-state index < -0.39 is 12.8 Å². The Labute approximate surface area is 229 Å². The molecule has 10 heteroatoms. The maximum atomic E-state index is 11.9. The summed E-state index contributed by atoms with van der Waals surface area (Å²) in [6.07, 6.45) is 19.6. The van der Waals surface area contributed by atoms with Crippen LogP contribution in [0.2, 0.25) is 0 Å². The molecule has 0 spiro atoms. The molecule has 0 radical (unpaired) electrons. The zero-order valence-electron chi connectivity index (χ0n) is 22.6. The van der Waals surface area contributed by atoms with Crippen molar-refractivity contribution in [2.45, 2.75) is 116 Å². The highest BCUT2D eigenvalue weighted by Crippen LogP contribution is 2.50. The Morgan fingerprint density at radius 3 is 1.89 bits per heavy atom. The Balaban J connectivity index is 3.79. The van der Waals surface area contributed by atoms with Gasteiger partial charge in [0.2, 0.25) is 0 Å². The molecule has 1 N–H and O–H groups in total. The number of nitriles is 2. The summed E-state index contributed by atoms with van der Waals surface area (Å²) in [7, 11) is 0. The maximum Gasteiger partial charge on any atom is 0.327 e. The zero-order valence-corrected chi connectivity index (χ0v) is 24.3. The first-order valence-corrected chi connectivity index (χ1v) is 16.3. The highest BCUT2D eigenvalue weighted by atomic mass is 32.5. The molecular formula is C27H47N2O6PS. The molecule has 0 aromatic heterocycles. The van der Waals surface area contributed by atoms with E-state index in [9.17, 15) is 9.90 Å². The molecule has 1 atom stereocenters. The van der Waals surface area contributed by atoms with Crippen molar-refractivity contribution in [1.29, 1.82) is 10.5 Å². The van der Waals surface area contributed by atoms with Gasteiger partial charge in [0.15, 0.2) is 0 Å². The van der Waals surface area contributed by atoms with Crippen LogP contribution in [0.4, 0.5) is 0 Å². The number of aliphatic hydroxyl groups is 1. The molecule has 0 heterocycles. The molecule has 8 nitrogen and oxygen atoms in total. The monoisotopic (exact) mass is 558 g/mol. The second-order valence-electron chi connectivity index (χ2n) is 8.90. The minimum absolute atomic E-state index is 0.0291. The molecule has 0 saturated heterocycles. The fourth-order valence-electron chi connectivity index (χ4n) is 3.34. The Hall–Kier alpha value is -1.32. The highest BCUT2D eigenvalue weighted by molar-refractivity contribution is 8.07. The second-order valence-corrected chi connectivity index (χ2v) is 11.9. The van der Waals surface area contributed by atoms with Gasteiger partial charge in [0, 0.05) is 6.42 Å².